The summed E-state index contributed by atoms with van der Waals surface area (Å²) in [6.07, 6.45) is -0.654. The lowest BCUT2D eigenvalue weighted by Gasteiger charge is -2.29. The third-order valence-corrected chi connectivity index (χ3v) is 7.73. The van der Waals surface area contributed by atoms with E-state index in [0.717, 1.165) is 6.92 Å². The Morgan fingerprint density at radius 2 is 1.66 bits per heavy atom. The van der Waals surface area contributed by atoms with Crippen molar-refractivity contribution in [1.29, 1.82) is 0 Å². The van der Waals surface area contributed by atoms with Crippen LogP contribution in [0, 0.1) is 26.6 Å². The van der Waals surface area contributed by atoms with Gasteiger partial charge in [-0.25, -0.2) is 22.9 Å². The molecular formula is C37H48F3N5O5. The van der Waals surface area contributed by atoms with E-state index in [4.69, 9.17) is 4.74 Å². The van der Waals surface area contributed by atoms with Crippen LogP contribution in [0.4, 0.5) is 18.9 Å². The summed E-state index contributed by atoms with van der Waals surface area (Å²) in [6, 6.07) is 8.63. The summed E-state index contributed by atoms with van der Waals surface area (Å²) < 4.78 is 42.7. The third kappa shape index (κ3) is 10.1. The number of hydrogen-bond donors (Lipinski definition) is 2. The highest BCUT2D eigenvalue weighted by Gasteiger charge is 2.26. The summed E-state index contributed by atoms with van der Waals surface area (Å²) in [5.74, 6) is -2.21. The molecule has 50 heavy (non-hydrogen) atoms. The summed E-state index contributed by atoms with van der Waals surface area (Å²) in [6.45, 7) is 16.3. The fraction of sp³-hybridized carbons (Fsp3) is 0.432. The monoisotopic (exact) mass is 699 g/mol. The summed E-state index contributed by atoms with van der Waals surface area (Å²) in [5.41, 5.74) is 3.30. The average Bonchev–Trinajstić information content (AvgIpc) is 3.09. The number of benzene rings is 2. The Kier molecular flexibility index (Phi) is 16.1. The molecule has 0 spiro atoms. The van der Waals surface area contributed by atoms with Crippen molar-refractivity contribution in [2.45, 2.75) is 74.3 Å². The minimum atomic E-state index is -2.17. The Bertz CT molecular complexity index is 1800. The molecule has 2 N–H and O–H groups in total. The van der Waals surface area contributed by atoms with Crippen molar-refractivity contribution in [2.24, 2.45) is 7.05 Å². The zero-order valence-electron chi connectivity index (χ0n) is 30.2. The number of nitrogens with one attached hydrogen (secondary N) is 1. The van der Waals surface area contributed by atoms with Crippen molar-refractivity contribution in [1.82, 2.24) is 19.9 Å². The van der Waals surface area contributed by atoms with E-state index in [0.29, 0.717) is 76.7 Å². The Balaban J connectivity index is 0.000000996. The van der Waals surface area contributed by atoms with E-state index in [-0.39, 0.29) is 17.5 Å². The number of hydrogen-bond acceptors (Lipinski definition) is 7. The fourth-order valence-corrected chi connectivity index (χ4v) is 5.43. The number of halogens is 3. The molecule has 0 bridgehead atoms. The van der Waals surface area contributed by atoms with Crippen LogP contribution in [0.25, 0.3) is 22.0 Å². The molecule has 1 atom stereocenters. The molecular weight excluding hydrogens is 651 g/mol. The van der Waals surface area contributed by atoms with Gasteiger partial charge < -0.3 is 20.1 Å². The second-order valence-electron chi connectivity index (χ2n) is 11.0. The molecule has 1 saturated heterocycles. The van der Waals surface area contributed by atoms with Crippen LogP contribution < -0.4 is 15.8 Å². The van der Waals surface area contributed by atoms with Crippen LogP contribution in [0.5, 0.6) is 0 Å². The number of fused-ring (bicyclic) bond motifs is 1. The SMILES string of the molecule is CC.CC.CC(F)F.Cc1cc(N2CCOCC2)cc(F)c1C(=O)N[C@@H](Cc1ccc(-c2c(C)nc(C)n(C)c2=O)c2ncccc12)C(=O)O. The number of aliphatic carboxylic acids is 1. The number of morpholine rings is 1. The molecule has 13 heteroatoms. The molecule has 272 valence electrons. The number of anilines is 1. The van der Waals surface area contributed by atoms with E-state index in [1.807, 2.05) is 32.6 Å². The number of ether oxygens (including phenoxy) is 1. The molecule has 5 rings (SSSR count). The summed E-state index contributed by atoms with van der Waals surface area (Å²) in [5, 5.41) is 13.2. The number of amides is 1. The van der Waals surface area contributed by atoms with Gasteiger partial charge in [0.15, 0.2) is 0 Å². The van der Waals surface area contributed by atoms with Crippen molar-refractivity contribution in [2.75, 3.05) is 31.2 Å². The molecule has 4 aromatic rings. The van der Waals surface area contributed by atoms with Gasteiger partial charge in [0.2, 0.25) is 6.43 Å². The number of aryl methyl sites for hydroxylation is 3. The highest BCUT2D eigenvalue weighted by atomic mass is 19.3. The molecule has 1 fully saturated rings. The fourth-order valence-electron chi connectivity index (χ4n) is 5.43. The van der Waals surface area contributed by atoms with E-state index in [1.54, 1.807) is 64.3 Å². The number of carbonyl (C=O) groups excluding carboxylic acids is 1. The minimum Gasteiger partial charge on any atom is -0.480 e. The molecule has 0 saturated carbocycles. The molecule has 10 nitrogen and oxygen atoms in total. The van der Waals surface area contributed by atoms with Crippen LogP contribution >= 0.6 is 0 Å². The van der Waals surface area contributed by atoms with Gasteiger partial charge in [0.05, 0.1) is 35.6 Å². The van der Waals surface area contributed by atoms with Gasteiger partial charge in [-0.1, -0.05) is 45.9 Å². The van der Waals surface area contributed by atoms with Crippen LogP contribution in [-0.2, 0) is 23.0 Å². The number of nitrogens with zero attached hydrogens (tertiary/aromatic N) is 4. The largest absolute Gasteiger partial charge is 0.480 e. The first-order chi connectivity index (χ1) is 23.8. The first-order valence-corrected chi connectivity index (χ1v) is 16.7. The molecule has 0 aliphatic carbocycles. The quantitative estimate of drug-likeness (QED) is 0.220. The van der Waals surface area contributed by atoms with Crippen LogP contribution in [0.1, 0.15) is 67.6 Å². The molecule has 2 aromatic carbocycles. The summed E-state index contributed by atoms with van der Waals surface area (Å²) in [7, 11) is 1.65. The number of carboxylic acid groups (broad SMARTS) is 1. The number of rotatable bonds is 7. The van der Waals surface area contributed by atoms with E-state index >= 15 is 4.39 Å². The Labute approximate surface area is 291 Å². The van der Waals surface area contributed by atoms with Crippen molar-refractivity contribution in [3.05, 3.63) is 87.0 Å². The predicted molar refractivity (Wildman–Crippen MR) is 191 cm³/mol. The molecule has 2 aromatic heterocycles. The van der Waals surface area contributed by atoms with Crippen LogP contribution in [0.2, 0.25) is 0 Å². The zero-order chi connectivity index (χ0) is 37.7. The van der Waals surface area contributed by atoms with Gasteiger partial charge >= 0.3 is 5.97 Å². The second-order valence-corrected chi connectivity index (χ2v) is 11.0. The smallest absolute Gasteiger partial charge is 0.326 e. The topological polar surface area (TPSA) is 127 Å². The van der Waals surface area contributed by atoms with E-state index < -0.39 is 30.2 Å². The van der Waals surface area contributed by atoms with Gasteiger partial charge in [-0.05, 0) is 57.0 Å². The zero-order valence-corrected chi connectivity index (χ0v) is 30.2. The number of carboxylic acids is 1. The number of aromatic nitrogens is 3. The molecule has 1 aliphatic heterocycles. The number of carbonyl (C=O) groups is 2. The molecule has 1 aliphatic rings. The third-order valence-electron chi connectivity index (χ3n) is 7.73. The van der Waals surface area contributed by atoms with Crippen LogP contribution in [0.15, 0.2) is 47.4 Å². The lowest BCUT2D eigenvalue weighted by molar-refractivity contribution is -0.139. The Hall–Kier alpha value is -4.78. The minimum absolute atomic E-state index is 0.0841. The van der Waals surface area contributed by atoms with Crippen LogP contribution in [0.3, 0.4) is 0 Å². The van der Waals surface area contributed by atoms with Gasteiger partial charge in [0, 0.05) is 49.4 Å². The maximum absolute atomic E-state index is 15.2. The maximum atomic E-state index is 15.2. The van der Waals surface area contributed by atoms with Crippen molar-refractivity contribution in [3.8, 4) is 11.1 Å². The number of alkyl halides is 2. The van der Waals surface area contributed by atoms with Gasteiger partial charge in [-0.15, -0.1) is 0 Å². The molecule has 0 unspecified atom stereocenters. The Morgan fingerprint density at radius 1 is 1.04 bits per heavy atom. The van der Waals surface area contributed by atoms with Gasteiger partial charge in [-0.2, -0.15) is 0 Å². The molecule has 3 heterocycles. The number of pyridine rings is 1. The highest BCUT2D eigenvalue weighted by Crippen LogP contribution is 2.30. The van der Waals surface area contributed by atoms with Gasteiger partial charge in [0.1, 0.15) is 17.7 Å². The van der Waals surface area contributed by atoms with Crippen LogP contribution in [-0.4, -0.2) is 70.3 Å². The van der Waals surface area contributed by atoms with E-state index in [9.17, 15) is 28.3 Å². The molecule has 1 amide bonds. The first kappa shape index (κ1) is 41.4. The maximum Gasteiger partial charge on any atom is 0.326 e. The van der Waals surface area contributed by atoms with Gasteiger partial charge in [-0.3, -0.25) is 19.1 Å². The lowest BCUT2D eigenvalue weighted by atomic mass is 9.95. The Morgan fingerprint density at radius 3 is 2.24 bits per heavy atom. The van der Waals surface area contributed by atoms with E-state index in [2.05, 4.69) is 15.3 Å². The second kappa shape index (κ2) is 19.4. The highest BCUT2D eigenvalue weighted by molar-refractivity contribution is 5.99. The standard InChI is InChI=1S/C31H32FN5O5.C2H4F2.2C2H6/c1-17-14-21(37-10-12-42-13-11-37)16-24(32)26(17)29(38)35-25(31(40)41)15-20-7-8-23(28-22(20)6-5-9-33-28)27-18(2)34-19(3)36(4)30(27)39;1-2(3)4;2*1-2/h5-9,14,16,25H,10-13,15H2,1-4H3,(H,35,38)(H,40,41);2H,1H3;2*1-2H3/t25-;;;/m0.../s1. The average molecular weight is 700 g/mol. The first-order valence-electron chi connectivity index (χ1n) is 16.7. The van der Waals surface area contributed by atoms with Gasteiger partial charge in [0.25, 0.3) is 11.5 Å². The predicted octanol–water partition coefficient (Wildman–Crippen LogP) is 6.65. The summed E-state index contributed by atoms with van der Waals surface area (Å²) in [4.78, 5) is 49.6. The van der Waals surface area contributed by atoms with Crippen molar-refractivity contribution >= 4 is 28.5 Å². The van der Waals surface area contributed by atoms with Crippen molar-refractivity contribution in [3.63, 3.8) is 0 Å². The lowest BCUT2D eigenvalue weighted by Crippen LogP contribution is -2.43. The summed E-state index contributed by atoms with van der Waals surface area (Å²) >= 11 is 0. The van der Waals surface area contributed by atoms with E-state index in [1.165, 1.54) is 10.6 Å². The molecule has 0 radical (unpaired) electrons. The normalized spacial score (nSPS) is 12.9. The van der Waals surface area contributed by atoms with Crippen molar-refractivity contribution < 1.29 is 32.6 Å².